The molecule has 2 fully saturated rings. The standard InChI is InChI=1S/C16H22BrN3O/c17-14-4-1-3-13(11-14)12-20-8-2-5-15(20)16(21)19-9-6-18-7-10-19/h1,3-4,11,15,18H,2,5-10,12H2. The predicted octanol–water partition coefficient (Wildman–Crippen LogP) is 1.85. The van der Waals surface area contributed by atoms with Crippen molar-refractivity contribution in [2.75, 3.05) is 32.7 Å². The minimum absolute atomic E-state index is 0.0714. The van der Waals surface area contributed by atoms with Gasteiger partial charge < -0.3 is 10.2 Å². The summed E-state index contributed by atoms with van der Waals surface area (Å²) >= 11 is 3.52. The van der Waals surface area contributed by atoms with Crippen LogP contribution in [0.15, 0.2) is 28.7 Å². The summed E-state index contributed by atoms with van der Waals surface area (Å²) < 4.78 is 1.10. The van der Waals surface area contributed by atoms with Crippen LogP contribution >= 0.6 is 15.9 Å². The Morgan fingerprint density at radius 3 is 2.86 bits per heavy atom. The summed E-state index contributed by atoms with van der Waals surface area (Å²) in [5, 5.41) is 3.30. The normalized spacial score (nSPS) is 23.5. The minimum atomic E-state index is 0.0714. The zero-order valence-electron chi connectivity index (χ0n) is 12.2. The Kier molecular flexibility index (Phi) is 4.93. The number of benzene rings is 1. The van der Waals surface area contributed by atoms with Crippen molar-refractivity contribution in [1.82, 2.24) is 15.1 Å². The van der Waals surface area contributed by atoms with Crippen molar-refractivity contribution in [1.29, 1.82) is 0 Å². The maximum atomic E-state index is 12.7. The number of nitrogens with zero attached hydrogens (tertiary/aromatic N) is 2. The number of hydrogen-bond acceptors (Lipinski definition) is 3. The highest BCUT2D eigenvalue weighted by Gasteiger charge is 2.33. The lowest BCUT2D eigenvalue weighted by Gasteiger charge is -2.33. The summed E-state index contributed by atoms with van der Waals surface area (Å²) in [7, 11) is 0. The smallest absolute Gasteiger partial charge is 0.240 e. The van der Waals surface area contributed by atoms with Gasteiger partial charge in [-0.1, -0.05) is 28.1 Å². The van der Waals surface area contributed by atoms with Gasteiger partial charge in [-0.15, -0.1) is 0 Å². The van der Waals surface area contributed by atoms with Crippen LogP contribution < -0.4 is 5.32 Å². The first-order valence-corrected chi connectivity index (χ1v) is 8.51. The van der Waals surface area contributed by atoms with Gasteiger partial charge in [-0.2, -0.15) is 0 Å². The Bertz CT molecular complexity index is 502. The van der Waals surface area contributed by atoms with Gasteiger partial charge in [-0.05, 0) is 37.1 Å². The molecule has 4 nitrogen and oxygen atoms in total. The third-order valence-electron chi connectivity index (χ3n) is 4.35. The number of amides is 1. The maximum absolute atomic E-state index is 12.7. The first-order chi connectivity index (χ1) is 10.2. The molecule has 2 saturated heterocycles. The molecule has 114 valence electrons. The number of nitrogens with one attached hydrogen (secondary N) is 1. The van der Waals surface area contributed by atoms with Gasteiger partial charge in [0.25, 0.3) is 0 Å². The number of carbonyl (C=O) groups is 1. The van der Waals surface area contributed by atoms with E-state index < -0.39 is 0 Å². The summed E-state index contributed by atoms with van der Waals surface area (Å²) in [5.74, 6) is 0.323. The van der Waals surface area contributed by atoms with Crippen molar-refractivity contribution in [3.05, 3.63) is 34.3 Å². The Morgan fingerprint density at radius 1 is 1.29 bits per heavy atom. The molecule has 2 aliphatic heterocycles. The Labute approximate surface area is 134 Å². The topological polar surface area (TPSA) is 35.6 Å². The lowest BCUT2D eigenvalue weighted by atomic mass is 10.1. The largest absolute Gasteiger partial charge is 0.339 e. The van der Waals surface area contributed by atoms with Crippen LogP contribution in [0, 0.1) is 0 Å². The van der Waals surface area contributed by atoms with E-state index >= 15 is 0 Å². The minimum Gasteiger partial charge on any atom is -0.339 e. The van der Waals surface area contributed by atoms with Crippen molar-refractivity contribution in [2.45, 2.75) is 25.4 Å². The molecule has 1 atom stereocenters. The van der Waals surface area contributed by atoms with Crippen LogP contribution in [0.1, 0.15) is 18.4 Å². The molecule has 2 heterocycles. The van der Waals surface area contributed by atoms with E-state index in [2.05, 4.69) is 44.3 Å². The zero-order chi connectivity index (χ0) is 14.7. The Hall–Kier alpha value is -0.910. The van der Waals surface area contributed by atoms with Gasteiger partial charge in [0.1, 0.15) is 0 Å². The monoisotopic (exact) mass is 351 g/mol. The zero-order valence-corrected chi connectivity index (χ0v) is 13.8. The van der Waals surface area contributed by atoms with Gasteiger partial charge in [0.05, 0.1) is 6.04 Å². The van der Waals surface area contributed by atoms with Gasteiger partial charge in [0.15, 0.2) is 0 Å². The van der Waals surface area contributed by atoms with Gasteiger partial charge in [0.2, 0.25) is 5.91 Å². The van der Waals surface area contributed by atoms with Crippen LogP contribution in [0.25, 0.3) is 0 Å². The average Bonchev–Trinajstić information content (AvgIpc) is 2.95. The van der Waals surface area contributed by atoms with Crippen LogP contribution in [0.2, 0.25) is 0 Å². The number of halogens is 1. The first kappa shape index (κ1) is 15.0. The number of rotatable bonds is 3. The molecule has 5 heteroatoms. The van der Waals surface area contributed by atoms with E-state index in [1.807, 2.05) is 11.0 Å². The van der Waals surface area contributed by atoms with Crippen LogP contribution in [-0.4, -0.2) is 54.5 Å². The highest BCUT2D eigenvalue weighted by atomic mass is 79.9. The van der Waals surface area contributed by atoms with Gasteiger partial charge in [0, 0.05) is 37.2 Å². The molecule has 21 heavy (non-hydrogen) atoms. The summed E-state index contributed by atoms with van der Waals surface area (Å²) in [6, 6.07) is 8.45. The van der Waals surface area contributed by atoms with Crippen molar-refractivity contribution >= 4 is 21.8 Å². The van der Waals surface area contributed by atoms with Crippen molar-refractivity contribution < 1.29 is 4.79 Å². The van der Waals surface area contributed by atoms with Crippen LogP contribution in [0.3, 0.4) is 0 Å². The number of carbonyl (C=O) groups excluding carboxylic acids is 1. The van der Waals surface area contributed by atoms with Crippen molar-refractivity contribution in [3.63, 3.8) is 0 Å². The Morgan fingerprint density at radius 2 is 2.10 bits per heavy atom. The fraction of sp³-hybridized carbons (Fsp3) is 0.562. The average molecular weight is 352 g/mol. The first-order valence-electron chi connectivity index (χ1n) is 7.72. The molecule has 3 rings (SSSR count). The third-order valence-corrected chi connectivity index (χ3v) is 4.85. The van der Waals surface area contributed by atoms with Crippen LogP contribution in [0.5, 0.6) is 0 Å². The Balaban J connectivity index is 1.66. The molecule has 0 spiro atoms. The molecule has 0 radical (unpaired) electrons. The second-order valence-electron chi connectivity index (χ2n) is 5.83. The SMILES string of the molecule is O=C(C1CCCN1Cc1cccc(Br)c1)N1CCNCC1. The fourth-order valence-corrected chi connectivity index (χ4v) is 3.71. The summed E-state index contributed by atoms with van der Waals surface area (Å²) in [5.41, 5.74) is 1.27. The molecular weight excluding hydrogens is 330 g/mol. The molecule has 2 aliphatic rings. The molecule has 0 bridgehead atoms. The van der Waals surface area contributed by atoms with Crippen LogP contribution in [0.4, 0.5) is 0 Å². The van der Waals surface area contributed by atoms with Gasteiger partial charge in [-0.3, -0.25) is 9.69 Å². The van der Waals surface area contributed by atoms with Crippen LogP contribution in [-0.2, 0) is 11.3 Å². The summed E-state index contributed by atoms with van der Waals surface area (Å²) in [4.78, 5) is 17.1. The molecule has 1 amide bonds. The quantitative estimate of drug-likeness (QED) is 0.902. The molecular formula is C16H22BrN3O. The third kappa shape index (κ3) is 3.65. The second-order valence-corrected chi connectivity index (χ2v) is 6.75. The van der Waals surface area contributed by atoms with Gasteiger partial charge in [-0.25, -0.2) is 0 Å². The highest BCUT2D eigenvalue weighted by Crippen LogP contribution is 2.23. The van der Waals surface area contributed by atoms with E-state index in [1.54, 1.807) is 0 Å². The van der Waals surface area contributed by atoms with Crippen molar-refractivity contribution in [2.24, 2.45) is 0 Å². The fourth-order valence-electron chi connectivity index (χ4n) is 3.26. The lowest BCUT2D eigenvalue weighted by molar-refractivity contribution is -0.136. The van der Waals surface area contributed by atoms with Crippen molar-refractivity contribution in [3.8, 4) is 0 Å². The van der Waals surface area contributed by atoms with E-state index in [1.165, 1.54) is 5.56 Å². The summed E-state index contributed by atoms with van der Waals surface area (Å²) in [6.07, 6.45) is 2.12. The van der Waals surface area contributed by atoms with E-state index in [4.69, 9.17) is 0 Å². The summed E-state index contributed by atoms with van der Waals surface area (Å²) in [6.45, 7) is 5.42. The molecule has 0 aliphatic carbocycles. The lowest BCUT2D eigenvalue weighted by Crippen LogP contribution is -2.52. The maximum Gasteiger partial charge on any atom is 0.240 e. The molecule has 1 unspecified atom stereocenters. The van der Waals surface area contributed by atoms with E-state index in [0.29, 0.717) is 5.91 Å². The highest BCUT2D eigenvalue weighted by molar-refractivity contribution is 9.10. The molecule has 1 aromatic rings. The number of hydrogen-bond donors (Lipinski definition) is 1. The van der Waals surface area contributed by atoms with E-state index in [-0.39, 0.29) is 6.04 Å². The van der Waals surface area contributed by atoms with E-state index in [0.717, 1.165) is 56.6 Å². The predicted molar refractivity (Wildman–Crippen MR) is 87.0 cm³/mol. The van der Waals surface area contributed by atoms with Gasteiger partial charge >= 0.3 is 0 Å². The number of piperazine rings is 1. The number of likely N-dealkylation sites (tertiary alicyclic amines) is 1. The van der Waals surface area contributed by atoms with E-state index in [9.17, 15) is 4.79 Å². The molecule has 1 N–H and O–H groups in total. The molecule has 0 aromatic heterocycles. The molecule has 1 aromatic carbocycles. The molecule has 0 saturated carbocycles. The second kappa shape index (κ2) is 6.90.